The number of amides is 1. The van der Waals surface area contributed by atoms with Crippen LogP contribution in [0.15, 0.2) is 71.0 Å². The maximum atomic E-state index is 13.2. The number of fused-ring (bicyclic) bond motifs is 1. The number of rotatable bonds is 6. The molecular weight excluding hydrogens is 421 g/mol. The predicted molar refractivity (Wildman–Crippen MR) is 119 cm³/mol. The van der Waals surface area contributed by atoms with Crippen molar-refractivity contribution in [1.29, 1.82) is 0 Å². The number of para-hydroxylation sites is 1. The Bertz CT molecular complexity index is 1200. The van der Waals surface area contributed by atoms with Crippen LogP contribution in [0.3, 0.4) is 0 Å². The van der Waals surface area contributed by atoms with Crippen LogP contribution < -0.4 is 5.32 Å². The van der Waals surface area contributed by atoms with Crippen LogP contribution in [0.2, 0.25) is 0 Å². The number of hydrogen-bond donors (Lipinski definition) is 1. The van der Waals surface area contributed by atoms with Gasteiger partial charge >= 0.3 is 0 Å². The Balaban J connectivity index is 1.56. The molecular formula is C21H18FN5OS2. The standard InChI is InChI=1S/C21H18FN5OS2/c1-13(20(28)26-17-5-3-4-6-18(17)29-2)30-21-16-11-25-27(19(16)23-12-24-21)15-9-7-14(22)8-10-15/h3-13H,1-2H3,(H,26,28). The molecule has 0 aliphatic heterocycles. The number of nitrogens with one attached hydrogen (secondary N) is 1. The molecule has 0 radical (unpaired) electrons. The van der Waals surface area contributed by atoms with Crippen LogP contribution in [0.1, 0.15) is 6.92 Å². The second-order valence-corrected chi connectivity index (χ2v) is 8.58. The fourth-order valence-corrected chi connectivity index (χ4v) is 4.32. The number of carbonyl (C=O) groups excluding carboxylic acids is 1. The van der Waals surface area contributed by atoms with Gasteiger partial charge in [0.2, 0.25) is 5.91 Å². The summed E-state index contributed by atoms with van der Waals surface area (Å²) in [7, 11) is 0. The van der Waals surface area contributed by atoms with Crippen LogP contribution in [0.5, 0.6) is 0 Å². The second-order valence-electron chi connectivity index (χ2n) is 6.40. The molecule has 6 nitrogen and oxygen atoms in total. The number of thioether (sulfide) groups is 2. The topological polar surface area (TPSA) is 72.7 Å². The van der Waals surface area contributed by atoms with Crippen molar-refractivity contribution >= 4 is 46.2 Å². The highest BCUT2D eigenvalue weighted by Crippen LogP contribution is 2.30. The Hall–Kier alpha value is -2.91. The number of anilines is 1. The molecule has 2 aromatic heterocycles. The van der Waals surface area contributed by atoms with E-state index in [1.54, 1.807) is 34.8 Å². The molecule has 2 aromatic carbocycles. The van der Waals surface area contributed by atoms with Crippen molar-refractivity contribution in [2.24, 2.45) is 0 Å². The van der Waals surface area contributed by atoms with E-state index in [1.165, 1.54) is 30.2 Å². The number of nitrogens with zero attached hydrogens (tertiary/aromatic N) is 4. The molecule has 1 N–H and O–H groups in total. The van der Waals surface area contributed by atoms with Gasteiger partial charge in [-0.3, -0.25) is 4.79 Å². The van der Waals surface area contributed by atoms with E-state index in [0.717, 1.165) is 16.0 Å². The van der Waals surface area contributed by atoms with Crippen LogP contribution in [-0.4, -0.2) is 37.2 Å². The molecule has 0 aliphatic carbocycles. The number of carbonyl (C=O) groups is 1. The number of halogens is 1. The van der Waals surface area contributed by atoms with Crippen molar-refractivity contribution in [3.8, 4) is 5.69 Å². The first-order valence-corrected chi connectivity index (χ1v) is 11.2. The van der Waals surface area contributed by atoms with Gasteiger partial charge in [-0.05, 0) is 49.6 Å². The van der Waals surface area contributed by atoms with Crippen LogP contribution in [0.25, 0.3) is 16.7 Å². The minimum absolute atomic E-state index is 0.112. The van der Waals surface area contributed by atoms with Gasteiger partial charge in [-0.15, -0.1) is 11.8 Å². The molecule has 4 aromatic rings. The lowest BCUT2D eigenvalue weighted by Crippen LogP contribution is -2.22. The highest BCUT2D eigenvalue weighted by Gasteiger charge is 2.19. The average molecular weight is 440 g/mol. The highest BCUT2D eigenvalue weighted by atomic mass is 32.2. The van der Waals surface area contributed by atoms with Gasteiger partial charge in [0.05, 0.1) is 28.2 Å². The summed E-state index contributed by atoms with van der Waals surface area (Å²) in [4.78, 5) is 22.4. The molecule has 0 spiro atoms. The molecule has 0 bridgehead atoms. The molecule has 1 unspecified atom stereocenters. The summed E-state index contributed by atoms with van der Waals surface area (Å²) in [5.74, 6) is -0.428. The molecule has 9 heteroatoms. The van der Waals surface area contributed by atoms with Crippen molar-refractivity contribution in [2.75, 3.05) is 11.6 Å². The van der Waals surface area contributed by atoms with E-state index < -0.39 is 0 Å². The van der Waals surface area contributed by atoms with Crippen LogP contribution >= 0.6 is 23.5 Å². The Morgan fingerprint density at radius 2 is 1.90 bits per heavy atom. The quantitative estimate of drug-likeness (QED) is 0.344. The molecule has 4 rings (SSSR count). The lowest BCUT2D eigenvalue weighted by Gasteiger charge is -2.14. The van der Waals surface area contributed by atoms with Crippen molar-refractivity contribution in [3.05, 3.63) is 66.9 Å². The zero-order valence-corrected chi connectivity index (χ0v) is 17.9. The van der Waals surface area contributed by atoms with E-state index in [4.69, 9.17) is 0 Å². The largest absolute Gasteiger partial charge is 0.324 e. The molecule has 0 saturated carbocycles. The van der Waals surface area contributed by atoms with Gasteiger partial charge in [-0.2, -0.15) is 5.10 Å². The predicted octanol–water partition coefficient (Wildman–Crippen LogP) is 4.80. The van der Waals surface area contributed by atoms with Crippen molar-refractivity contribution in [2.45, 2.75) is 22.1 Å². The van der Waals surface area contributed by atoms with E-state index in [0.29, 0.717) is 16.4 Å². The molecule has 0 saturated heterocycles. The number of hydrogen-bond acceptors (Lipinski definition) is 6. The highest BCUT2D eigenvalue weighted by molar-refractivity contribution is 8.00. The maximum absolute atomic E-state index is 13.2. The molecule has 0 fully saturated rings. The van der Waals surface area contributed by atoms with Gasteiger partial charge in [-0.1, -0.05) is 23.9 Å². The number of aromatic nitrogens is 4. The molecule has 0 aliphatic rings. The first kappa shape index (κ1) is 20.4. The molecule has 2 heterocycles. The summed E-state index contributed by atoms with van der Waals surface area (Å²) in [6.07, 6.45) is 5.08. The summed E-state index contributed by atoms with van der Waals surface area (Å²) in [5.41, 5.74) is 2.08. The third-order valence-electron chi connectivity index (χ3n) is 4.42. The molecule has 1 amide bonds. The molecule has 30 heavy (non-hydrogen) atoms. The smallest absolute Gasteiger partial charge is 0.237 e. The summed E-state index contributed by atoms with van der Waals surface area (Å²) >= 11 is 2.92. The van der Waals surface area contributed by atoms with Crippen LogP contribution in [0.4, 0.5) is 10.1 Å². The zero-order chi connectivity index (χ0) is 21.1. The Morgan fingerprint density at radius 1 is 1.13 bits per heavy atom. The zero-order valence-electron chi connectivity index (χ0n) is 16.2. The van der Waals surface area contributed by atoms with E-state index >= 15 is 0 Å². The monoisotopic (exact) mass is 439 g/mol. The maximum Gasteiger partial charge on any atom is 0.237 e. The van der Waals surface area contributed by atoms with Crippen molar-refractivity contribution < 1.29 is 9.18 Å². The lowest BCUT2D eigenvalue weighted by molar-refractivity contribution is -0.115. The second kappa shape index (κ2) is 8.85. The minimum atomic E-state index is -0.382. The fourth-order valence-electron chi connectivity index (χ4n) is 2.89. The Labute approximate surface area is 181 Å². The van der Waals surface area contributed by atoms with E-state index in [-0.39, 0.29) is 17.0 Å². The lowest BCUT2D eigenvalue weighted by atomic mass is 10.3. The van der Waals surface area contributed by atoms with E-state index in [9.17, 15) is 9.18 Å². The van der Waals surface area contributed by atoms with E-state index in [2.05, 4.69) is 20.4 Å². The SMILES string of the molecule is CSc1ccccc1NC(=O)C(C)Sc1ncnc2c1cnn2-c1ccc(F)cc1. The van der Waals surface area contributed by atoms with Gasteiger partial charge in [0, 0.05) is 4.90 Å². The van der Waals surface area contributed by atoms with Crippen molar-refractivity contribution in [1.82, 2.24) is 19.7 Å². The van der Waals surface area contributed by atoms with Gasteiger partial charge in [0.15, 0.2) is 5.65 Å². The fraction of sp³-hybridized carbons (Fsp3) is 0.143. The van der Waals surface area contributed by atoms with Crippen LogP contribution in [0, 0.1) is 5.82 Å². The average Bonchev–Trinajstić information content (AvgIpc) is 3.20. The summed E-state index contributed by atoms with van der Waals surface area (Å²) in [6.45, 7) is 1.83. The Morgan fingerprint density at radius 3 is 2.67 bits per heavy atom. The van der Waals surface area contributed by atoms with Gasteiger partial charge in [0.1, 0.15) is 17.2 Å². The van der Waals surface area contributed by atoms with E-state index in [1.807, 2.05) is 37.4 Å². The third kappa shape index (κ3) is 4.17. The molecule has 152 valence electrons. The van der Waals surface area contributed by atoms with Gasteiger partial charge in [0.25, 0.3) is 0 Å². The molecule has 1 atom stereocenters. The normalized spacial score (nSPS) is 12.1. The van der Waals surface area contributed by atoms with Gasteiger partial charge < -0.3 is 5.32 Å². The van der Waals surface area contributed by atoms with Gasteiger partial charge in [-0.25, -0.2) is 19.0 Å². The summed E-state index contributed by atoms with van der Waals surface area (Å²) in [5, 5.41) is 8.37. The minimum Gasteiger partial charge on any atom is -0.324 e. The van der Waals surface area contributed by atoms with Crippen LogP contribution in [-0.2, 0) is 4.79 Å². The first-order chi connectivity index (χ1) is 14.6. The number of benzene rings is 2. The first-order valence-electron chi connectivity index (χ1n) is 9.12. The summed E-state index contributed by atoms with van der Waals surface area (Å²) < 4.78 is 14.9. The van der Waals surface area contributed by atoms with Crippen molar-refractivity contribution in [3.63, 3.8) is 0 Å². The third-order valence-corrected chi connectivity index (χ3v) is 6.33. The Kier molecular flexibility index (Phi) is 6.01. The summed E-state index contributed by atoms with van der Waals surface area (Å²) in [6, 6.07) is 13.7.